The van der Waals surface area contributed by atoms with E-state index in [0.717, 1.165) is 28.7 Å². The quantitative estimate of drug-likeness (QED) is 0.697. The van der Waals surface area contributed by atoms with Crippen molar-refractivity contribution >= 4 is 6.03 Å². The maximum atomic E-state index is 11.9. The summed E-state index contributed by atoms with van der Waals surface area (Å²) in [5.41, 5.74) is 4.13. The number of aliphatic hydroxyl groups excluding tert-OH is 1. The van der Waals surface area contributed by atoms with Gasteiger partial charge in [-0.3, -0.25) is 0 Å². The van der Waals surface area contributed by atoms with E-state index in [4.69, 9.17) is 9.84 Å². The molecule has 0 saturated heterocycles. The molecule has 0 fully saturated rings. The Balaban J connectivity index is 1.73. The lowest BCUT2D eigenvalue weighted by Gasteiger charge is -2.11. The first-order valence-corrected chi connectivity index (χ1v) is 7.99. The fourth-order valence-corrected chi connectivity index (χ4v) is 2.40. The molecular formula is C19H24N2O3. The monoisotopic (exact) mass is 328 g/mol. The Hall–Kier alpha value is -2.37. The summed E-state index contributed by atoms with van der Waals surface area (Å²) in [4.78, 5) is 11.9. The van der Waals surface area contributed by atoms with Crippen molar-refractivity contribution in [3.63, 3.8) is 0 Å². The summed E-state index contributed by atoms with van der Waals surface area (Å²) in [6.07, 6.45) is 0.749. The van der Waals surface area contributed by atoms with Crippen LogP contribution in [0.2, 0.25) is 0 Å². The average Bonchev–Trinajstić information content (AvgIpc) is 2.62. The summed E-state index contributed by atoms with van der Waals surface area (Å²) in [5.74, 6) is 0. The van der Waals surface area contributed by atoms with Gasteiger partial charge in [0.05, 0.1) is 13.2 Å². The highest BCUT2D eigenvalue weighted by Gasteiger charge is 2.04. The van der Waals surface area contributed by atoms with Crippen molar-refractivity contribution in [2.45, 2.75) is 26.2 Å². The van der Waals surface area contributed by atoms with Crippen molar-refractivity contribution in [3.05, 3.63) is 70.8 Å². The number of carbonyl (C=O) groups excluding carboxylic acids is 1. The van der Waals surface area contributed by atoms with Gasteiger partial charge in [0.15, 0.2) is 0 Å². The van der Waals surface area contributed by atoms with E-state index in [2.05, 4.69) is 10.6 Å². The first kappa shape index (κ1) is 18.0. The normalized spacial score (nSPS) is 10.4. The zero-order valence-electron chi connectivity index (χ0n) is 13.9. The second-order valence-electron chi connectivity index (χ2n) is 5.54. The minimum atomic E-state index is -0.186. The van der Waals surface area contributed by atoms with Gasteiger partial charge in [-0.2, -0.15) is 0 Å². The van der Waals surface area contributed by atoms with Gasteiger partial charge in [0, 0.05) is 20.2 Å². The van der Waals surface area contributed by atoms with Gasteiger partial charge in [-0.15, -0.1) is 0 Å². The maximum Gasteiger partial charge on any atom is 0.315 e. The second kappa shape index (κ2) is 9.70. The van der Waals surface area contributed by atoms with Crippen LogP contribution in [-0.4, -0.2) is 24.8 Å². The predicted molar refractivity (Wildman–Crippen MR) is 93.5 cm³/mol. The largest absolute Gasteiger partial charge is 0.392 e. The fraction of sp³-hybridized carbons (Fsp3) is 0.316. The van der Waals surface area contributed by atoms with E-state index in [-0.39, 0.29) is 12.6 Å². The highest BCUT2D eigenvalue weighted by atomic mass is 16.5. The van der Waals surface area contributed by atoms with E-state index in [9.17, 15) is 4.79 Å². The molecule has 0 aliphatic rings. The number of rotatable bonds is 8. The molecule has 0 aliphatic heterocycles. The van der Waals surface area contributed by atoms with E-state index in [1.807, 2.05) is 48.5 Å². The number of nitrogens with one attached hydrogen (secondary N) is 2. The summed E-state index contributed by atoms with van der Waals surface area (Å²) < 4.78 is 5.16. The Labute approximate surface area is 142 Å². The van der Waals surface area contributed by atoms with E-state index >= 15 is 0 Å². The number of benzene rings is 2. The van der Waals surface area contributed by atoms with Crippen LogP contribution in [0.5, 0.6) is 0 Å². The highest BCUT2D eigenvalue weighted by molar-refractivity contribution is 5.73. The van der Waals surface area contributed by atoms with E-state index in [1.54, 1.807) is 7.11 Å². The molecule has 2 amide bonds. The number of hydrogen-bond acceptors (Lipinski definition) is 3. The third kappa shape index (κ3) is 5.68. The van der Waals surface area contributed by atoms with Gasteiger partial charge in [-0.25, -0.2) is 4.79 Å². The summed E-state index contributed by atoms with van der Waals surface area (Å²) >= 11 is 0. The zero-order chi connectivity index (χ0) is 17.2. The van der Waals surface area contributed by atoms with Gasteiger partial charge in [-0.1, -0.05) is 48.5 Å². The van der Waals surface area contributed by atoms with Crippen molar-refractivity contribution in [3.8, 4) is 0 Å². The van der Waals surface area contributed by atoms with Crippen molar-refractivity contribution < 1.29 is 14.6 Å². The summed E-state index contributed by atoms with van der Waals surface area (Å²) in [5, 5.41) is 14.7. The third-order valence-corrected chi connectivity index (χ3v) is 3.76. The van der Waals surface area contributed by atoms with Crippen LogP contribution in [-0.2, 0) is 30.9 Å². The summed E-state index contributed by atoms with van der Waals surface area (Å²) in [6.45, 7) is 1.61. The number of ether oxygens (including phenoxy) is 1. The van der Waals surface area contributed by atoms with Crippen molar-refractivity contribution in [2.75, 3.05) is 13.7 Å². The molecule has 0 bridgehead atoms. The van der Waals surface area contributed by atoms with Crippen molar-refractivity contribution in [1.82, 2.24) is 10.6 Å². The number of hydrogen-bond donors (Lipinski definition) is 3. The molecule has 128 valence electrons. The van der Waals surface area contributed by atoms with Gasteiger partial charge in [0.2, 0.25) is 0 Å². The number of carbonyl (C=O) groups is 1. The van der Waals surface area contributed by atoms with Crippen LogP contribution in [0.25, 0.3) is 0 Å². The molecule has 0 saturated carbocycles. The minimum Gasteiger partial charge on any atom is -0.392 e. The maximum absolute atomic E-state index is 11.9. The zero-order valence-corrected chi connectivity index (χ0v) is 13.9. The molecule has 0 spiro atoms. The minimum absolute atomic E-state index is 0.0471. The van der Waals surface area contributed by atoms with Crippen LogP contribution in [0, 0.1) is 0 Å². The molecule has 5 heteroatoms. The predicted octanol–water partition coefficient (Wildman–Crippen LogP) is 2.37. The number of aliphatic hydroxyl groups is 1. The van der Waals surface area contributed by atoms with Crippen molar-refractivity contribution in [1.29, 1.82) is 0 Å². The Bertz CT molecular complexity index is 641. The molecule has 0 aliphatic carbocycles. The number of methoxy groups -OCH3 is 1. The molecule has 3 N–H and O–H groups in total. The molecule has 5 nitrogen and oxygen atoms in total. The SMILES string of the molecule is COCc1ccccc1CNC(=O)NCCc1ccc(CO)cc1. The lowest BCUT2D eigenvalue weighted by Crippen LogP contribution is -2.36. The average molecular weight is 328 g/mol. The summed E-state index contributed by atoms with van der Waals surface area (Å²) in [7, 11) is 1.66. The van der Waals surface area contributed by atoms with Gasteiger partial charge in [0.25, 0.3) is 0 Å². The number of amides is 2. The smallest absolute Gasteiger partial charge is 0.315 e. The topological polar surface area (TPSA) is 70.6 Å². The lowest BCUT2D eigenvalue weighted by molar-refractivity contribution is 0.184. The molecular weight excluding hydrogens is 304 g/mol. The van der Waals surface area contributed by atoms with E-state index in [0.29, 0.717) is 19.7 Å². The van der Waals surface area contributed by atoms with Crippen LogP contribution < -0.4 is 10.6 Å². The molecule has 0 heterocycles. The molecule has 0 unspecified atom stereocenters. The Morgan fingerprint density at radius 3 is 2.33 bits per heavy atom. The molecule has 0 radical (unpaired) electrons. The molecule has 0 atom stereocenters. The first-order chi connectivity index (χ1) is 11.7. The Kier molecular flexibility index (Phi) is 7.26. The summed E-state index contributed by atoms with van der Waals surface area (Å²) in [6, 6.07) is 15.4. The first-order valence-electron chi connectivity index (χ1n) is 7.99. The molecule has 2 rings (SSSR count). The van der Waals surface area contributed by atoms with E-state index in [1.165, 1.54) is 0 Å². The van der Waals surface area contributed by atoms with Gasteiger partial charge >= 0.3 is 6.03 Å². The van der Waals surface area contributed by atoms with Gasteiger partial charge in [-0.05, 0) is 28.7 Å². The second-order valence-corrected chi connectivity index (χ2v) is 5.54. The van der Waals surface area contributed by atoms with Crippen LogP contribution in [0.1, 0.15) is 22.3 Å². The Morgan fingerprint density at radius 2 is 1.67 bits per heavy atom. The van der Waals surface area contributed by atoms with Crippen LogP contribution in [0.3, 0.4) is 0 Å². The van der Waals surface area contributed by atoms with Gasteiger partial charge < -0.3 is 20.5 Å². The Morgan fingerprint density at radius 1 is 1.00 bits per heavy atom. The van der Waals surface area contributed by atoms with E-state index < -0.39 is 0 Å². The standard InChI is InChI=1S/C19H24N2O3/c1-24-14-18-5-3-2-4-17(18)12-21-19(23)20-11-10-15-6-8-16(13-22)9-7-15/h2-9,22H,10-14H2,1H3,(H2,20,21,23). The molecule has 2 aromatic carbocycles. The number of urea groups is 1. The lowest BCUT2D eigenvalue weighted by atomic mass is 10.1. The molecule has 2 aromatic rings. The highest BCUT2D eigenvalue weighted by Crippen LogP contribution is 2.09. The van der Waals surface area contributed by atoms with Gasteiger partial charge in [0.1, 0.15) is 0 Å². The van der Waals surface area contributed by atoms with Crippen LogP contribution in [0.15, 0.2) is 48.5 Å². The third-order valence-electron chi connectivity index (χ3n) is 3.76. The molecule has 24 heavy (non-hydrogen) atoms. The van der Waals surface area contributed by atoms with Crippen LogP contribution in [0.4, 0.5) is 4.79 Å². The fourth-order valence-electron chi connectivity index (χ4n) is 2.40. The molecule has 0 aromatic heterocycles. The van der Waals surface area contributed by atoms with Crippen molar-refractivity contribution in [2.24, 2.45) is 0 Å². The van der Waals surface area contributed by atoms with Crippen LogP contribution >= 0.6 is 0 Å².